The highest BCUT2D eigenvalue weighted by molar-refractivity contribution is 6.33. The summed E-state index contributed by atoms with van der Waals surface area (Å²) >= 11 is 6.26. The van der Waals surface area contributed by atoms with Gasteiger partial charge in [-0.25, -0.2) is 19.3 Å². The lowest BCUT2D eigenvalue weighted by atomic mass is 10.2. The molecule has 2 aromatic heterocycles. The van der Waals surface area contributed by atoms with Crippen molar-refractivity contribution >= 4 is 22.8 Å². The molecule has 0 amide bonds. The van der Waals surface area contributed by atoms with Gasteiger partial charge in [-0.05, 0) is 5.56 Å². The fourth-order valence-electron chi connectivity index (χ4n) is 2.87. The normalized spacial score (nSPS) is 18.1. The minimum Gasteiger partial charge on any atom is -0.374 e. The first-order chi connectivity index (χ1) is 11.8. The number of ether oxygens (including phenoxy) is 2. The molecule has 1 saturated heterocycles. The lowest BCUT2D eigenvalue weighted by Gasteiger charge is -2.23. The maximum atomic E-state index is 13.0. The van der Waals surface area contributed by atoms with Crippen LogP contribution in [0.3, 0.4) is 0 Å². The van der Waals surface area contributed by atoms with Crippen LogP contribution in [0.15, 0.2) is 41.5 Å². The van der Waals surface area contributed by atoms with Crippen LogP contribution >= 0.6 is 11.6 Å². The summed E-state index contributed by atoms with van der Waals surface area (Å²) in [5.74, 6) is 0. The summed E-state index contributed by atoms with van der Waals surface area (Å²) in [4.78, 5) is 21.3. The highest BCUT2D eigenvalue weighted by atomic mass is 35.5. The predicted octanol–water partition coefficient (Wildman–Crippen LogP) is 1.84. The van der Waals surface area contributed by atoms with Gasteiger partial charge in [0.05, 0.1) is 26.4 Å². The van der Waals surface area contributed by atoms with E-state index in [0.29, 0.717) is 37.5 Å². The Morgan fingerprint density at radius 2 is 2.04 bits per heavy atom. The van der Waals surface area contributed by atoms with Crippen LogP contribution in [0.25, 0.3) is 11.2 Å². The summed E-state index contributed by atoms with van der Waals surface area (Å²) in [5, 5.41) is 0.239. The van der Waals surface area contributed by atoms with Gasteiger partial charge in [0.25, 0.3) is 0 Å². The van der Waals surface area contributed by atoms with Gasteiger partial charge in [-0.1, -0.05) is 41.9 Å². The van der Waals surface area contributed by atoms with Crippen LogP contribution in [0, 0.1) is 0 Å². The first kappa shape index (κ1) is 15.3. The van der Waals surface area contributed by atoms with E-state index in [-0.39, 0.29) is 10.8 Å². The van der Waals surface area contributed by atoms with E-state index >= 15 is 0 Å². The van der Waals surface area contributed by atoms with Crippen LogP contribution in [0.4, 0.5) is 0 Å². The average Bonchev–Trinajstić information content (AvgIpc) is 2.90. The zero-order valence-corrected chi connectivity index (χ0v) is 13.5. The molecule has 1 atom stereocenters. The van der Waals surface area contributed by atoms with Crippen molar-refractivity contribution in [2.24, 2.45) is 0 Å². The molecule has 1 aromatic carbocycles. The Balaban J connectivity index is 1.89. The molecule has 1 aliphatic heterocycles. The van der Waals surface area contributed by atoms with Crippen molar-refractivity contribution in [1.82, 2.24) is 19.1 Å². The van der Waals surface area contributed by atoms with Crippen LogP contribution in [-0.2, 0) is 16.0 Å². The van der Waals surface area contributed by atoms with Crippen molar-refractivity contribution in [2.75, 3.05) is 19.8 Å². The molecule has 7 nitrogen and oxygen atoms in total. The molecule has 1 aliphatic rings. The highest BCUT2D eigenvalue weighted by Crippen LogP contribution is 2.23. The van der Waals surface area contributed by atoms with Crippen LogP contribution in [0.5, 0.6) is 0 Å². The van der Waals surface area contributed by atoms with Crippen LogP contribution < -0.4 is 5.69 Å². The molecule has 3 aromatic rings. The summed E-state index contributed by atoms with van der Waals surface area (Å²) in [5.41, 5.74) is 1.69. The molecule has 3 heterocycles. The maximum absolute atomic E-state index is 13.0. The van der Waals surface area contributed by atoms with Crippen molar-refractivity contribution in [3.05, 3.63) is 57.9 Å². The van der Waals surface area contributed by atoms with Gasteiger partial charge < -0.3 is 9.47 Å². The van der Waals surface area contributed by atoms with E-state index in [1.54, 1.807) is 4.57 Å². The molecular weight excluding hydrogens is 332 g/mol. The Morgan fingerprint density at radius 1 is 1.21 bits per heavy atom. The van der Waals surface area contributed by atoms with Crippen molar-refractivity contribution in [3.8, 4) is 0 Å². The first-order valence-corrected chi connectivity index (χ1v) is 7.98. The molecule has 0 bridgehead atoms. The van der Waals surface area contributed by atoms with E-state index in [4.69, 9.17) is 21.1 Å². The van der Waals surface area contributed by atoms with Crippen molar-refractivity contribution in [1.29, 1.82) is 0 Å². The van der Waals surface area contributed by atoms with E-state index in [0.717, 1.165) is 5.56 Å². The van der Waals surface area contributed by atoms with Crippen molar-refractivity contribution in [3.63, 3.8) is 0 Å². The second kappa shape index (κ2) is 6.35. The summed E-state index contributed by atoms with van der Waals surface area (Å²) < 4.78 is 14.2. The van der Waals surface area contributed by atoms with Gasteiger partial charge in [0.2, 0.25) is 0 Å². The largest absolute Gasteiger partial charge is 0.374 e. The number of imidazole rings is 1. The van der Waals surface area contributed by atoms with Gasteiger partial charge in [-0.2, -0.15) is 0 Å². The van der Waals surface area contributed by atoms with Gasteiger partial charge in [0.1, 0.15) is 11.8 Å². The zero-order valence-electron chi connectivity index (χ0n) is 12.8. The number of fused-ring (bicyclic) bond motifs is 1. The zero-order chi connectivity index (χ0) is 16.5. The molecule has 1 fully saturated rings. The highest BCUT2D eigenvalue weighted by Gasteiger charge is 2.26. The van der Waals surface area contributed by atoms with Gasteiger partial charge in [-0.15, -0.1) is 0 Å². The molecule has 124 valence electrons. The Hall–Kier alpha value is -2.22. The van der Waals surface area contributed by atoms with Crippen molar-refractivity contribution < 1.29 is 9.47 Å². The van der Waals surface area contributed by atoms with Gasteiger partial charge >= 0.3 is 5.69 Å². The van der Waals surface area contributed by atoms with Crippen molar-refractivity contribution in [2.45, 2.75) is 12.8 Å². The summed E-state index contributed by atoms with van der Waals surface area (Å²) in [6.45, 7) is 1.63. The second-order valence-corrected chi connectivity index (χ2v) is 5.82. The molecule has 24 heavy (non-hydrogen) atoms. The fraction of sp³-hybridized carbons (Fsp3) is 0.312. The van der Waals surface area contributed by atoms with Crippen LogP contribution in [0.1, 0.15) is 11.8 Å². The number of hydrogen-bond acceptors (Lipinski definition) is 5. The van der Waals surface area contributed by atoms with Gasteiger partial charge in [0, 0.05) is 0 Å². The molecule has 1 unspecified atom stereocenters. The molecule has 8 heteroatoms. The predicted molar refractivity (Wildman–Crippen MR) is 88.2 cm³/mol. The lowest BCUT2D eigenvalue weighted by Crippen LogP contribution is -2.34. The molecule has 0 saturated carbocycles. The maximum Gasteiger partial charge on any atom is 0.332 e. The third-order valence-corrected chi connectivity index (χ3v) is 4.24. The molecule has 0 spiro atoms. The number of nitrogens with zero attached hydrogens (tertiary/aromatic N) is 4. The van der Waals surface area contributed by atoms with E-state index in [1.165, 1.54) is 10.9 Å². The Kier molecular flexibility index (Phi) is 4.05. The minimum absolute atomic E-state index is 0.239. The quantitative estimate of drug-likeness (QED) is 0.677. The van der Waals surface area contributed by atoms with Crippen LogP contribution in [-0.4, -0.2) is 38.9 Å². The number of hydrogen-bond donors (Lipinski definition) is 0. The van der Waals surface area contributed by atoms with E-state index in [2.05, 4.69) is 9.97 Å². The number of rotatable bonds is 3. The SMILES string of the molecule is O=c1n(Cc2ccccc2)c2c(Cl)ncnc2n1C1COCCO1. The summed E-state index contributed by atoms with van der Waals surface area (Å²) in [7, 11) is 0. The van der Waals surface area contributed by atoms with Gasteiger partial charge in [0.15, 0.2) is 17.0 Å². The fourth-order valence-corrected chi connectivity index (χ4v) is 3.10. The van der Waals surface area contributed by atoms with Crippen LogP contribution in [0.2, 0.25) is 5.15 Å². The average molecular weight is 347 g/mol. The molecule has 0 N–H and O–H groups in total. The monoisotopic (exact) mass is 346 g/mol. The molecule has 0 aliphatic carbocycles. The molecular formula is C16H15ClN4O3. The number of benzene rings is 1. The third kappa shape index (κ3) is 2.60. The standard InChI is InChI=1S/C16H15ClN4O3/c17-14-13-15(19-10-18-14)21(12-9-23-6-7-24-12)16(22)20(13)8-11-4-2-1-3-5-11/h1-5,10,12H,6-9H2. The smallest absolute Gasteiger partial charge is 0.332 e. The first-order valence-electron chi connectivity index (χ1n) is 7.60. The Morgan fingerprint density at radius 3 is 2.79 bits per heavy atom. The summed E-state index contributed by atoms with van der Waals surface area (Å²) in [6, 6.07) is 9.69. The minimum atomic E-state index is -0.517. The van der Waals surface area contributed by atoms with E-state index in [1.807, 2.05) is 30.3 Å². The number of halogens is 1. The summed E-state index contributed by atoms with van der Waals surface area (Å²) in [6.07, 6.45) is 0.827. The third-order valence-electron chi connectivity index (χ3n) is 3.96. The molecule has 4 rings (SSSR count). The Bertz CT molecular complexity index is 916. The topological polar surface area (TPSA) is 71.2 Å². The van der Waals surface area contributed by atoms with Gasteiger partial charge in [-0.3, -0.25) is 4.57 Å². The van der Waals surface area contributed by atoms with E-state index in [9.17, 15) is 4.79 Å². The molecule has 0 radical (unpaired) electrons. The number of aromatic nitrogens is 4. The lowest BCUT2D eigenvalue weighted by molar-refractivity contribution is -0.122. The Labute approximate surface area is 142 Å². The second-order valence-electron chi connectivity index (χ2n) is 5.46. The van der Waals surface area contributed by atoms with E-state index < -0.39 is 6.23 Å².